The average Bonchev–Trinajstić information content (AvgIpc) is 2.74. The smallest absolute Gasteiger partial charge is 0.271 e. The van der Waals surface area contributed by atoms with E-state index in [1.165, 1.54) is 12.1 Å². The molecule has 2 aromatic rings. The van der Waals surface area contributed by atoms with Crippen molar-refractivity contribution in [3.63, 3.8) is 0 Å². The maximum atomic E-state index is 10.6. The Bertz CT molecular complexity index is 609. The third kappa shape index (κ3) is 2.82. The first-order valence-corrected chi connectivity index (χ1v) is 5.64. The van der Waals surface area contributed by atoms with Gasteiger partial charge in [0.25, 0.3) is 5.69 Å². The Kier molecular flexibility index (Phi) is 3.37. The fourth-order valence-electron chi connectivity index (χ4n) is 1.82. The molecule has 2 N–H and O–H groups in total. The van der Waals surface area contributed by atoms with E-state index in [1.54, 1.807) is 6.07 Å². The summed E-state index contributed by atoms with van der Waals surface area (Å²) in [6, 6.07) is 6.23. The van der Waals surface area contributed by atoms with Crippen LogP contribution in [0, 0.1) is 17.0 Å². The molecule has 0 spiro atoms. The predicted octanol–water partition coefficient (Wildman–Crippen LogP) is 2.11. The number of rotatable bonds is 4. The Labute approximate surface area is 109 Å². The van der Waals surface area contributed by atoms with Gasteiger partial charge in [0.1, 0.15) is 11.5 Å². The molecule has 7 heteroatoms. The van der Waals surface area contributed by atoms with Crippen LogP contribution < -0.4 is 10.6 Å². The van der Waals surface area contributed by atoms with Crippen molar-refractivity contribution in [2.24, 2.45) is 0 Å². The van der Waals surface area contributed by atoms with E-state index in [4.69, 9.17) is 10.3 Å². The highest BCUT2D eigenvalue weighted by Crippen LogP contribution is 2.27. The van der Waals surface area contributed by atoms with E-state index in [1.807, 2.05) is 24.9 Å². The lowest BCUT2D eigenvalue weighted by Gasteiger charge is -2.19. The maximum absolute atomic E-state index is 10.6. The summed E-state index contributed by atoms with van der Waals surface area (Å²) in [5.74, 6) is 0.736. The molecule has 0 saturated heterocycles. The number of anilines is 2. The Morgan fingerprint density at radius 2 is 2.21 bits per heavy atom. The van der Waals surface area contributed by atoms with Crippen molar-refractivity contribution in [2.45, 2.75) is 13.5 Å². The van der Waals surface area contributed by atoms with Crippen LogP contribution in [0.25, 0.3) is 0 Å². The number of aryl methyl sites for hydroxylation is 1. The molecule has 1 aromatic heterocycles. The average molecular weight is 262 g/mol. The minimum atomic E-state index is -0.471. The van der Waals surface area contributed by atoms with Gasteiger partial charge >= 0.3 is 0 Å². The van der Waals surface area contributed by atoms with Gasteiger partial charge in [0.15, 0.2) is 0 Å². The molecule has 0 saturated carbocycles. The van der Waals surface area contributed by atoms with Crippen molar-refractivity contribution in [3.05, 3.63) is 45.8 Å². The van der Waals surface area contributed by atoms with Gasteiger partial charge in [-0.15, -0.1) is 0 Å². The van der Waals surface area contributed by atoms with E-state index < -0.39 is 4.92 Å². The molecule has 0 fully saturated rings. The van der Waals surface area contributed by atoms with Gasteiger partial charge in [0.05, 0.1) is 22.8 Å². The first-order chi connectivity index (χ1) is 8.97. The maximum Gasteiger partial charge on any atom is 0.271 e. The second-order valence-electron chi connectivity index (χ2n) is 4.29. The van der Waals surface area contributed by atoms with Crippen LogP contribution in [0.15, 0.2) is 28.8 Å². The van der Waals surface area contributed by atoms with Gasteiger partial charge in [-0.3, -0.25) is 10.1 Å². The molecule has 0 amide bonds. The summed E-state index contributed by atoms with van der Waals surface area (Å²) in [4.78, 5) is 12.0. The van der Waals surface area contributed by atoms with Crippen molar-refractivity contribution in [2.75, 3.05) is 17.7 Å². The fourth-order valence-corrected chi connectivity index (χ4v) is 1.82. The molecule has 0 bridgehead atoms. The van der Waals surface area contributed by atoms with Crippen LogP contribution in [0.3, 0.4) is 0 Å². The first-order valence-electron chi connectivity index (χ1n) is 5.64. The number of benzene rings is 1. The summed E-state index contributed by atoms with van der Waals surface area (Å²) in [6.07, 6.45) is 0. The van der Waals surface area contributed by atoms with E-state index in [2.05, 4.69) is 5.16 Å². The number of hydrogen-bond donors (Lipinski definition) is 1. The zero-order chi connectivity index (χ0) is 14.0. The lowest BCUT2D eigenvalue weighted by atomic mass is 10.2. The van der Waals surface area contributed by atoms with Crippen LogP contribution in [0.5, 0.6) is 0 Å². The molecule has 2 rings (SSSR count). The predicted molar refractivity (Wildman–Crippen MR) is 70.9 cm³/mol. The Morgan fingerprint density at radius 1 is 1.47 bits per heavy atom. The van der Waals surface area contributed by atoms with Crippen LogP contribution in [0.4, 0.5) is 17.1 Å². The molecule has 19 heavy (non-hydrogen) atoms. The number of nitro groups is 1. The minimum absolute atomic E-state index is 0.0214. The summed E-state index contributed by atoms with van der Waals surface area (Å²) in [7, 11) is 1.83. The van der Waals surface area contributed by atoms with Crippen LogP contribution in [0.1, 0.15) is 11.5 Å². The molecular weight excluding hydrogens is 248 g/mol. The van der Waals surface area contributed by atoms with Crippen LogP contribution >= 0.6 is 0 Å². The quantitative estimate of drug-likeness (QED) is 0.514. The zero-order valence-electron chi connectivity index (χ0n) is 10.7. The number of nitro benzene ring substituents is 1. The van der Waals surface area contributed by atoms with Crippen LogP contribution in [-0.2, 0) is 6.54 Å². The van der Waals surface area contributed by atoms with Crippen molar-refractivity contribution in [1.29, 1.82) is 0 Å². The van der Waals surface area contributed by atoms with Crippen molar-refractivity contribution >= 4 is 17.1 Å². The van der Waals surface area contributed by atoms with Gasteiger partial charge in [0, 0.05) is 25.2 Å². The normalized spacial score (nSPS) is 10.4. The number of nitrogens with two attached hydrogens (primary N) is 1. The lowest BCUT2D eigenvalue weighted by molar-refractivity contribution is -0.384. The van der Waals surface area contributed by atoms with Gasteiger partial charge in [-0.05, 0) is 13.0 Å². The minimum Gasteiger partial charge on any atom is -0.397 e. The largest absolute Gasteiger partial charge is 0.397 e. The van der Waals surface area contributed by atoms with E-state index in [0.717, 1.165) is 11.5 Å². The molecule has 0 unspecified atom stereocenters. The Morgan fingerprint density at radius 3 is 2.74 bits per heavy atom. The number of aromatic nitrogens is 1. The second-order valence-corrected chi connectivity index (χ2v) is 4.29. The summed E-state index contributed by atoms with van der Waals surface area (Å²) in [5, 5.41) is 14.5. The highest BCUT2D eigenvalue weighted by molar-refractivity contribution is 5.70. The van der Waals surface area contributed by atoms with E-state index in [9.17, 15) is 10.1 Å². The number of nitrogen functional groups attached to an aromatic ring is 1. The Balaban J connectivity index is 2.19. The summed E-state index contributed by atoms with van der Waals surface area (Å²) in [5.41, 5.74) is 7.66. The van der Waals surface area contributed by atoms with Gasteiger partial charge in [0.2, 0.25) is 0 Å². The molecule has 0 aliphatic carbocycles. The molecule has 0 aliphatic heterocycles. The van der Waals surface area contributed by atoms with Crippen molar-refractivity contribution < 1.29 is 9.45 Å². The molecule has 100 valence electrons. The third-order valence-electron chi connectivity index (χ3n) is 2.71. The van der Waals surface area contributed by atoms with Crippen molar-refractivity contribution in [3.8, 4) is 0 Å². The van der Waals surface area contributed by atoms with Crippen LogP contribution in [0.2, 0.25) is 0 Å². The number of non-ortho nitro benzene ring substituents is 1. The standard InChI is InChI=1S/C12H14N4O3/c1-8-5-9(14-19-8)7-15(2)12-4-3-10(16(17)18)6-11(12)13/h3-6H,7,13H2,1-2H3. The second kappa shape index (κ2) is 4.97. The summed E-state index contributed by atoms with van der Waals surface area (Å²) >= 11 is 0. The number of hydrogen-bond acceptors (Lipinski definition) is 6. The monoisotopic (exact) mass is 262 g/mol. The molecule has 0 aliphatic rings. The zero-order valence-corrected chi connectivity index (χ0v) is 10.7. The van der Waals surface area contributed by atoms with Crippen molar-refractivity contribution in [1.82, 2.24) is 5.16 Å². The van der Waals surface area contributed by atoms with Gasteiger partial charge in [-0.1, -0.05) is 5.16 Å². The molecule has 0 radical (unpaired) electrons. The number of nitrogens with zero attached hydrogens (tertiary/aromatic N) is 3. The molecule has 1 heterocycles. The van der Waals surface area contributed by atoms with Gasteiger partial charge in [-0.25, -0.2) is 0 Å². The third-order valence-corrected chi connectivity index (χ3v) is 2.71. The first kappa shape index (κ1) is 12.9. The molecule has 0 atom stereocenters. The molecule has 1 aromatic carbocycles. The summed E-state index contributed by atoms with van der Waals surface area (Å²) in [6.45, 7) is 2.33. The van der Waals surface area contributed by atoms with E-state index in [0.29, 0.717) is 17.9 Å². The summed E-state index contributed by atoms with van der Waals surface area (Å²) < 4.78 is 4.98. The SMILES string of the molecule is Cc1cc(CN(C)c2ccc([N+](=O)[O-])cc2N)no1. The lowest BCUT2D eigenvalue weighted by Crippen LogP contribution is -2.18. The molecule has 7 nitrogen and oxygen atoms in total. The van der Waals surface area contributed by atoms with Gasteiger partial charge < -0.3 is 15.2 Å². The highest BCUT2D eigenvalue weighted by atomic mass is 16.6. The molecular formula is C12H14N4O3. The highest BCUT2D eigenvalue weighted by Gasteiger charge is 2.13. The van der Waals surface area contributed by atoms with Gasteiger partial charge in [-0.2, -0.15) is 0 Å². The van der Waals surface area contributed by atoms with E-state index >= 15 is 0 Å². The van der Waals surface area contributed by atoms with E-state index in [-0.39, 0.29) is 5.69 Å². The van der Waals surface area contributed by atoms with Crippen LogP contribution in [-0.4, -0.2) is 17.1 Å². The topological polar surface area (TPSA) is 98.4 Å². The Hall–Kier alpha value is -2.57. The fraction of sp³-hybridized carbons (Fsp3) is 0.250.